The standard InChI is InChI=1S/C17H27N3O/c1-13-10-19-8-3-2-7-16(19)11-20(13)12-17(21)14-5-4-6-15(18)9-14/h4-6,9,13,16-17,21H,2-3,7-8,10-12,18H2,1H3. The van der Waals surface area contributed by atoms with Gasteiger partial charge in [-0.05, 0) is 44.0 Å². The fourth-order valence-corrected chi connectivity index (χ4v) is 3.76. The van der Waals surface area contributed by atoms with Crippen molar-refractivity contribution in [3.8, 4) is 0 Å². The van der Waals surface area contributed by atoms with Crippen LogP contribution in [0.1, 0.15) is 37.9 Å². The van der Waals surface area contributed by atoms with Gasteiger partial charge in [0.2, 0.25) is 0 Å². The van der Waals surface area contributed by atoms with Crippen LogP contribution in [0.4, 0.5) is 5.69 Å². The fourth-order valence-electron chi connectivity index (χ4n) is 3.76. The smallest absolute Gasteiger partial charge is 0.0917 e. The summed E-state index contributed by atoms with van der Waals surface area (Å²) in [4.78, 5) is 5.08. The zero-order valence-electron chi connectivity index (χ0n) is 12.9. The molecule has 3 atom stereocenters. The van der Waals surface area contributed by atoms with Crippen LogP contribution >= 0.6 is 0 Å². The molecule has 0 saturated carbocycles. The molecule has 4 nitrogen and oxygen atoms in total. The Kier molecular flexibility index (Phi) is 4.48. The highest BCUT2D eigenvalue weighted by molar-refractivity contribution is 5.41. The summed E-state index contributed by atoms with van der Waals surface area (Å²) in [6.45, 7) is 6.45. The molecule has 116 valence electrons. The van der Waals surface area contributed by atoms with Crippen molar-refractivity contribution in [3.05, 3.63) is 29.8 Å². The van der Waals surface area contributed by atoms with E-state index >= 15 is 0 Å². The molecule has 2 fully saturated rings. The van der Waals surface area contributed by atoms with Crippen LogP contribution in [-0.4, -0.2) is 53.2 Å². The van der Waals surface area contributed by atoms with Crippen LogP contribution in [0.25, 0.3) is 0 Å². The molecule has 2 heterocycles. The maximum Gasteiger partial charge on any atom is 0.0917 e. The lowest BCUT2D eigenvalue weighted by Gasteiger charge is -2.48. The molecule has 1 aromatic carbocycles. The van der Waals surface area contributed by atoms with E-state index in [1.54, 1.807) is 0 Å². The van der Waals surface area contributed by atoms with Gasteiger partial charge < -0.3 is 10.8 Å². The molecule has 2 saturated heterocycles. The zero-order valence-corrected chi connectivity index (χ0v) is 12.9. The summed E-state index contributed by atoms with van der Waals surface area (Å²) in [6, 6.07) is 8.81. The number of anilines is 1. The van der Waals surface area contributed by atoms with Gasteiger partial charge in [0.1, 0.15) is 0 Å². The molecule has 2 aliphatic heterocycles. The number of hydrogen-bond acceptors (Lipinski definition) is 4. The van der Waals surface area contributed by atoms with E-state index in [1.807, 2.05) is 24.3 Å². The summed E-state index contributed by atoms with van der Waals surface area (Å²) >= 11 is 0. The average Bonchev–Trinajstić information content (AvgIpc) is 2.48. The molecule has 0 amide bonds. The van der Waals surface area contributed by atoms with Crippen molar-refractivity contribution in [1.29, 1.82) is 0 Å². The molecular weight excluding hydrogens is 262 g/mol. The van der Waals surface area contributed by atoms with Crippen molar-refractivity contribution in [2.24, 2.45) is 0 Å². The molecule has 1 aromatic rings. The summed E-state index contributed by atoms with van der Waals surface area (Å²) in [7, 11) is 0. The van der Waals surface area contributed by atoms with E-state index in [0.717, 1.165) is 24.3 Å². The molecule has 0 spiro atoms. The van der Waals surface area contributed by atoms with E-state index in [0.29, 0.717) is 18.6 Å². The highest BCUT2D eigenvalue weighted by atomic mass is 16.3. The molecular formula is C17H27N3O. The third kappa shape index (κ3) is 3.39. The van der Waals surface area contributed by atoms with E-state index in [-0.39, 0.29) is 0 Å². The summed E-state index contributed by atoms with van der Waals surface area (Å²) in [5, 5.41) is 10.5. The van der Waals surface area contributed by atoms with Crippen molar-refractivity contribution in [1.82, 2.24) is 9.80 Å². The molecule has 0 aliphatic carbocycles. The Morgan fingerprint density at radius 2 is 2.19 bits per heavy atom. The van der Waals surface area contributed by atoms with E-state index in [2.05, 4.69) is 16.7 Å². The second-order valence-corrected chi connectivity index (χ2v) is 6.63. The van der Waals surface area contributed by atoms with E-state index < -0.39 is 6.10 Å². The Morgan fingerprint density at radius 1 is 1.33 bits per heavy atom. The predicted octanol–water partition coefficient (Wildman–Crippen LogP) is 1.86. The van der Waals surface area contributed by atoms with Crippen LogP contribution in [-0.2, 0) is 0 Å². The molecule has 0 radical (unpaired) electrons. The molecule has 0 aromatic heterocycles. The number of piperazine rings is 1. The Morgan fingerprint density at radius 3 is 3.00 bits per heavy atom. The van der Waals surface area contributed by atoms with Crippen LogP contribution in [0.2, 0.25) is 0 Å². The number of aliphatic hydroxyl groups excluding tert-OH is 1. The van der Waals surface area contributed by atoms with E-state index in [9.17, 15) is 5.11 Å². The van der Waals surface area contributed by atoms with Crippen LogP contribution in [0.5, 0.6) is 0 Å². The van der Waals surface area contributed by atoms with Gasteiger partial charge in [-0.15, -0.1) is 0 Å². The van der Waals surface area contributed by atoms with Crippen LogP contribution in [0, 0.1) is 0 Å². The number of nitrogens with zero attached hydrogens (tertiary/aromatic N) is 2. The SMILES string of the molecule is CC1CN2CCCCC2CN1CC(O)c1cccc(N)c1. The first-order chi connectivity index (χ1) is 10.1. The molecule has 0 bridgehead atoms. The first-order valence-electron chi connectivity index (χ1n) is 8.15. The second kappa shape index (κ2) is 6.34. The number of piperidine rings is 1. The predicted molar refractivity (Wildman–Crippen MR) is 86.1 cm³/mol. The fraction of sp³-hybridized carbons (Fsp3) is 0.647. The lowest BCUT2D eigenvalue weighted by molar-refractivity contribution is -0.00753. The van der Waals surface area contributed by atoms with Crippen molar-refractivity contribution in [2.45, 2.75) is 44.4 Å². The number of β-amino-alcohol motifs (C(OH)–C–C–N with tert-alkyl or cyclic N) is 1. The normalized spacial score (nSPS) is 29.0. The minimum atomic E-state index is -0.453. The number of aliphatic hydroxyl groups is 1. The minimum absolute atomic E-state index is 0.453. The third-order valence-corrected chi connectivity index (χ3v) is 5.02. The number of rotatable bonds is 3. The van der Waals surface area contributed by atoms with E-state index in [4.69, 9.17) is 5.73 Å². The second-order valence-electron chi connectivity index (χ2n) is 6.63. The minimum Gasteiger partial charge on any atom is -0.399 e. The zero-order chi connectivity index (χ0) is 14.8. The van der Waals surface area contributed by atoms with Crippen molar-refractivity contribution >= 4 is 5.69 Å². The topological polar surface area (TPSA) is 52.7 Å². The van der Waals surface area contributed by atoms with Crippen molar-refractivity contribution in [2.75, 3.05) is 31.9 Å². The maximum absolute atomic E-state index is 10.5. The monoisotopic (exact) mass is 289 g/mol. The van der Waals surface area contributed by atoms with E-state index in [1.165, 1.54) is 25.8 Å². The number of benzene rings is 1. The quantitative estimate of drug-likeness (QED) is 0.834. The Hall–Kier alpha value is -1.10. The van der Waals surface area contributed by atoms with Gasteiger partial charge in [-0.25, -0.2) is 0 Å². The van der Waals surface area contributed by atoms with Crippen LogP contribution in [0.3, 0.4) is 0 Å². The van der Waals surface area contributed by atoms with Gasteiger partial charge >= 0.3 is 0 Å². The summed E-state index contributed by atoms with van der Waals surface area (Å²) in [5.41, 5.74) is 7.46. The first kappa shape index (κ1) is 14.8. The average molecular weight is 289 g/mol. The van der Waals surface area contributed by atoms with Crippen molar-refractivity contribution in [3.63, 3.8) is 0 Å². The molecule has 3 N–H and O–H groups in total. The van der Waals surface area contributed by atoms with Gasteiger partial charge in [0.15, 0.2) is 0 Å². The molecule has 3 rings (SSSR count). The lowest BCUT2D eigenvalue weighted by atomic mass is 9.96. The molecule has 4 heteroatoms. The maximum atomic E-state index is 10.5. The highest BCUT2D eigenvalue weighted by Gasteiger charge is 2.33. The Labute approximate surface area is 127 Å². The van der Waals surface area contributed by atoms with Gasteiger partial charge in [-0.1, -0.05) is 18.6 Å². The van der Waals surface area contributed by atoms with Gasteiger partial charge in [0, 0.05) is 37.4 Å². The molecule has 21 heavy (non-hydrogen) atoms. The third-order valence-electron chi connectivity index (χ3n) is 5.02. The van der Waals surface area contributed by atoms with Gasteiger partial charge in [-0.2, -0.15) is 0 Å². The molecule has 3 unspecified atom stereocenters. The molecule has 2 aliphatic rings. The van der Waals surface area contributed by atoms with Gasteiger partial charge in [-0.3, -0.25) is 9.80 Å². The Balaban J connectivity index is 1.63. The Bertz CT molecular complexity index is 479. The number of nitrogens with two attached hydrogens (primary N) is 1. The first-order valence-corrected chi connectivity index (χ1v) is 8.15. The largest absolute Gasteiger partial charge is 0.399 e. The number of fused-ring (bicyclic) bond motifs is 1. The van der Waals surface area contributed by atoms with Crippen LogP contribution < -0.4 is 5.73 Å². The van der Waals surface area contributed by atoms with Gasteiger partial charge in [0.25, 0.3) is 0 Å². The number of nitrogen functional groups attached to an aromatic ring is 1. The van der Waals surface area contributed by atoms with Crippen LogP contribution in [0.15, 0.2) is 24.3 Å². The summed E-state index contributed by atoms with van der Waals surface area (Å²) in [5.74, 6) is 0. The number of hydrogen-bond donors (Lipinski definition) is 2. The summed E-state index contributed by atoms with van der Waals surface area (Å²) < 4.78 is 0. The lowest BCUT2D eigenvalue weighted by Crippen LogP contribution is -2.59. The highest BCUT2D eigenvalue weighted by Crippen LogP contribution is 2.26. The van der Waals surface area contributed by atoms with Gasteiger partial charge in [0.05, 0.1) is 6.10 Å². The van der Waals surface area contributed by atoms with Crippen molar-refractivity contribution < 1.29 is 5.11 Å². The summed E-state index contributed by atoms with van der Waals surface area (Å²) in [6.07, 6.45) is 3.54.